The SMILES string of the molecule is CCCCOc1ccc(C(=O)NC(=S)N(Cc2c(Cl)cccc2Cl)c2ccc(C(=O)OCC)cc2)cc1. The lowest BCUT2D eigenvalue weighted by molar-refractivity contribution is 0.0526. The molecule has 0 aliphatic rings. The molecule has 3 rings (SSSR count). The molecular formula is C28H28Cl2N2O4S. The van der Waals surface area contributed by atoms with Crippen LogP contribution in [0.5, 0.6) is 5.75 Å². The molecule has 0 aliphatic carbocycles. The van der Waals surface area contributed by atoms with E-state index in [1.165, 1.54) is 0 Å². The first kappa shape index (κ1) is 28.4. The van der Waals surface area contributed by atoms with Crippen LogP contribution in [-0.4, -0.2) is 30.2 Å². The van der Waals surface area contributed by atoms with Crippen LogP contribution >= 0.6 is 35.4 Å². The first-order chi connectivity index (χ1) is 17.8. The third-order valence-electron chi connectivity index (χ3n) is 5.42. The number of hydrogen-bond acceptors (Lipinski definition) is 5. The lowest BCUT2D eigenvalue weighted by atomic mass is 10.1. The predicted octanol–water partition coefficient (Wildman–Crippen LogP) is 7.07. The van der Waals surface area contributed by atoms with Crippen LogP contribution in [0.1, 0.15) is 53.0 Å². The lowest BCUT2D eigenvalue weighted by Gasteiger charge is -2.26. The van der Waals surface area contributed by atoms with Crippen molar-refractivity contribution in [1.82, 2.24) is 5.32 Å². The molecule has 0 spiro atoms. The molecule has 37 heavy (non-hydrogen) atoms. The van der Waals surface area contributed by atoms with E-state index in [0.717, 1.165) is 12.8 Å². The monoisotopic (exact) mass is 558 g/mol. The maximum absolute atomic E-state index is 13.0. The zero-order valence-corrected chi connectivity index (χ0v) is 23.0. The molecule has 0 atom stereocenters. The Kier molecular flexibility index (Phi) is 10.7. The summed E-state index contributed by atoms with van der Waals surface area (Å²) in [5, 5.41) is 3.86. The topological polar surface area (TPSA) is 67.9 Å². The van der Waals surface area contributed by atoms with Crippen molar-refractivity contribution in [2.45, 2.75) is 33.2 Å². The summed E-state index contributed by atoms with van der Waals surface area (Å²) in [7, 11) is 0. The molecule has 0 radical (unpaired) electrons. The molecule has 0 saturated carbocycles. The van der Waals surface area contributed by atoms with Gasteiger partial charge in [0.1, 0.15) is 5.75 Å². The number of nitrogens with one attached hydrogen (secondary N) is 1. The van der Waals surface area contributed by atoms with E-state index in [9.17, 15) is 9.59 Å². The van der Waals surface area contributed by atoms with Gasteiger partial charge in [0.05, 0.1) is 25.3 Å². The van der Waals surface area contributed by atoms with E-state index in [2.05, 4.69) is 12.2 Å². The van der Waals surface area contributed by atoms with E-state index < -0.39 is 5.97 Å². The molecule has 0 aromatic heterocycles. The number of carbonyl (C=O) groups excluding carboxylic acids is 2. The fourth-order valence-electron chi connectivity index (χ4n) is 3.39. The Morgan fingerprint density at radius 1 is 0.919 bits per heavy atom. The highest BCUT2D eigenvalue weighted by Gasteiger charge is 2.20. The number of nitrogens with zero attached hydrogens (tertiary/aromatic N) is 1. The van der Waals surface area contributed by atoms with Crippen LogP contribution in [0.3, 0.4) is 0 Å². The largest absolute Gasteiger partial charge is 0.494 e. The summed E-state index contributed by atoms with van der Waals surface area (Å²) in [5.74, 6) is -0.0968. The van der Waals surface area contributed by atoms with Gasteiger partial charge in [0.2, 0.25) is 0 Å². The number of halogens is 2. The molecule has 1 N–H and O–H groups in total. The highest BCUT2D eigenvalue weighted by Crippen LogP contribution is 2.28. The van der Waals surface area contributed by atoms with Gasteiger partial charge in [-0.2, -0.15) is 0 Å². The molecular weight excluding hydrogens is 531 g/mol. The van der Waals surface area contributed by atoms with Crippen molar-refractivity contribution < 1.29 is 19.1 Å². The molecule has 3 aromatic rings. The van der Waals surface area contributed by atoms with Gasteiger partial charge in [0, 0.05) is 26.9 Å². The Hall–Kier alpha value is -3.13. The molecule has 6 nitrogen and oxygen atoms in total. The van der Waals surface area contributed by atoms with E-state index in [-0.39, 0.29) is 24.2 Å². The third kappa shape index (κ3) is 7.92. The average Bonchev–Trinajstić information content (AvgIpc) is 2.89. The highest BCUT2D eigenvalue weighted by atomic mass is 35.5. The van der Waals surface area contributed by atoms with Crippen LogP contribution in [0.2, 0.25) is 10.0 Å². The summed E-state index contributed by atoms with van der Waals surface area (Å²) < 4.78 is 10.7. The number of rotatable bonds is 10. The zero-order chi connectivity index (χ0) is 26.8. The summed E-state index contributed by atoms with van der Waals surface area (Å²) in [6.07, 6.45) is 2.00. The van der Waals surface area contributed by atoms with E-state index in [1.807, 2.05) is 0 Å². The highest BCUT2D eigenvalue weighted by molar-refractivity contribution is 7.80. The first-order valence-corrected chi connectivity index (χ1v) is 13.1. The number of amides is 1. The molecule has 3 aromatic carbocycles. The Morgan fingerprint density at radius 2 is 1.54 bits per heavy atom. The Labute approximate surface area is 232 Å². The molecule has 9 heteroatoms. The van der Waals surface area contributed by atoms with Crippen molar-refractivity contribution in [3.8, 4) is 5.75 Å². The average molecular weight is 560 g/mol. The fraction of sp³-hybridized carbons (Fsp3) is 0.250. The summed E-state index contributed by atoms with van der Waals surface area (Å²) in [6.45, 7) is 4.94. The number of hydrogen-bond donors (Lipinski definition) is 1. The second-order valence-electron chi connectivity index (χ2n) is 8.04. The second kappa shape index (κ2) is 14.0. The first-order valence-electron chi connectivity index (χ1n) is 11.9. The van der Waals surface area contributed by atoms with Crippen molar-refractivity contribution >= 4 is 58.1 Å². The van der Waals surface area contributed by atoms with Crippen molar-refractivity contribution in [2.24, 2.45) is 0 Å². The van der Waals surface area contributed by atoms with Gasteiger partial charge >= 0.3 is 5.97 Å². The summed E-state index contributed by atoms with van der Waals surface area (Å²) >= 11 is 18.5. The smallest absolute Gasteiger partial charge is 0.338 e. The lowest BCUT2D eigenvalue weighted by Crippen LogP contribution is -2.42. The van der Waals surface area contributed by atoms with E-state index in [4.69, 9.17) is 44.9 Å². The van der Waals surface area contributed by atoms with Gasteiger partial charge in [-0.05, 0) is 86.2 Å². The van der Waals surface area contributed by atoms with Crippen molar-refractivity contribution in [3.63, 3.8) is 0 Å². The van der Waals surface area contributed by atoms with Crippen LogP contribution in [0.25, 0.3) is 0 Å². The van der Waals surface area contributed by atoms with Crippen molar-refractivity contribution in [1.29, 1.82) is 0 Å². The third-order valence-corrected chi connectivity index (χ3v) is 6.45. The number of benzene rings is 3. The van der Waals surface area contributed by atoms with Crippen molar-refractivity contribution in [3.05, 3.63) is 93.5 Å². The van der Waals surface area contributed by atoms with E-state index in [0.29, 0.717) is 44.8 Å². The Morgan fingerprint density at radius 3 is 2.14 bits per heavy atom. The molecule has 0 saturated heterocycles. The summed E-state index contributed by atoms with van der Waals surface area (Å²) in [6, 6.07) is 18.8. The van der Waals surface area contributed by atoms with E-state index in [1.54, 1.807) is 78.6 Å². The van der Waals surface area contributed by atoms with Gasteiger partial charge < -0.3 is 14.4 Å². The van der Waals surface area contributed by atoms with Crippen LogP contribution in [0, 0.1) is 0 Å². The number of anilines is 1. The molecule has 0 heterocycles. The van der Waals surface area contributed by atoms with Gasteiger partial charge in [-0.15, -0.1) is 0 Å². The Balaban J connectivity index is 1.82. The molecule has 1 amide bonds. The number of unbranched alkanes of at least 4 members (excludes halogenated alkanes) is 1. The zero-order valence-electron chi connectivity index (χ0n) is 20.6. The summed E-state index contributed by atoms with van der Waals surface area (Å²) in [5.41, 5.74) is 2.11. The van der Waals surface area contributed by atoms with Gasteiger partial charge in [0.25, 0.3) is 5.91 Å². The van der Waals surface area contributed by atoms with Gasteiger partial charge in [-0.1, -0.05) is 42.6 Å². The molecule has 0 fully saturated rings. The van der Waals surface area contributed by atoms with E-state index >= 15 is 0 Å². The molecule has 0 bridgehead atoms. The maximum atomic E-state index is 13.0. The molecule has 0 unspecified atom stereocenters. The van der Waals surface area contributed by atoms with Crippen LogP contribution < -0.4 is 15.0 Å². The summed E-state index contributed by atoms with van der Waals surface area (Å²) in [4.78, 5) is 26.8. The molecule has 194 valence electrons. The predicted molar refractivity (Wildman–Crippen MR) is 152 cm³/mol. The Bertz CT molecular complexity index is 1210. The van der Waals surface area contributed by atoms with Gasteiger partial charge in [0.15, 0.2) is 5.11 Å². The minimum atomic E-state index is -0.423. The van der Waals surface area contributed by atoms with Crippen LogP contribution in [0.4, 0.5) is 5.69 Å². The number of carbonyl (C=O) groups is 2. The number of thiocarbonyl (C=S) groups is 1. The van der Waals surface area contributed by atoms with Gasteiger partial charge in [-0.3, -0.25) is 10.1 Å². The minimum absolute atomic E-state index is 0.146. The number of esters is 1. The van der Waals surface area contributed by atoms with Crippen LogP contribution in [-0.2, 0) is 11.3 Å². The second-order valence-corrected chi connectivity index (χ2v) is 9.24. The maximum Gasteiger partial charge on any atom is 0.338 e. The minimum Gasteiger partial charge on any atom is -0.494 e. The fourth-order valence-corrected chi connectivity index (χ4v) is 4.17. The quantitative estimate of drug-likeness (QED) is 0.163. The van der Waals surface area contributed by atoms with Crippen molar-refractivity contribution in [2.75, 3.05) is 18.1 Å². The molecule has 0 aliphatic heterocycles. The normalized spacial score (nSPS) is 10.5. The van der Waals surface area contributed by atoms with Crippen LogP contribution in [0.15, 0.2) is 66.7 Å². The number of ether oxygens (including phenoxy) is 2. The standard InChI is InChI=1S/C28H28Cl2N2O4S/c1-3-5-17-36-22-15-11-19(12-16-22)26(33)31-28(37)32(18-23-24(29)7-6-8-25(23)30)21-13-9-20(10-14-21)27(34)35-4-2/h6-16H,3-5,17-18H2,1-2H3,(H,31,33,37). The van der Waals surface area contributed by atoms with Gasteiger partial charge in [-0.25, -0.2) is 4.79 Å².